The number of benzene rings is 1. The second-order valence-electron chi connectivity index (χ2n) is 8.96. The monoisotopic (exact) mass is 443 g/mol. The van der Waals surface area contributed by atoms with Crippen LogP contribution < -0.4 is 4.74 Å². The van der Waals surface area contributed by atoms with Gasteiger partial charge in [-0.05, 0) is 18.2 Å². The molecule has 7 nitrogen and oxygen atoms in total. The minimum absolute atomic E-state index is 0.0423. The van der Waals surface area contributed by atoms with Gasteiger partial charge in [0.15, 0.2) is 0 Å². The zero-order valence-electron chi connectivity index (χ0n) is 18.3. The molecular weight excluding hydrogens is 414 g/mol. The Morgan fingerprint density at radius 1 is 1.26 bits per heavy atom. The van der Waals surface area contributed by atoms with Gasteiger partial charge in [0.05, 0.1) is 30.1 Å². The van der Waals surface area contributed by atoms with Gasteiger partial charge in [0, 0.05) is 48.4 Å². The van der Waals surface area contributed by atoms with E-state index in [1.165, 1.54) is 11.3 Å². The zero-order chi connectivity index (χ0) is 21.8. The largest absolute Gasteiger partial charge is 0.492 e. The number of para-hydroxylation sites is 1. The summed E-state index contributed by atoms with van der Waals surface area (Å²) in [7, 11) is 0. The van der Waals surface area contributed by atoms with E-state index in [1.807, 2.05) is 30.5 Å². The van der Waals surface area contributed by atoms with Crippen molar-refractivity contribution in [2.24, 2.45) is 0 Å². The van der Waals surface area contributed by atoms with Crippen LogP contribution >= 0.6 is 11.6 Å². The Morgan fingerprint density at radius 3 is 2.90 bits per heavy atom. The third-order valence-corrected chi connectivity index (χ3v) is 5.77. The number of H-pyrrole nitrogens is 2. The lowest BCUT2D eigenvalue weighted by molar-refractivity contribution is -0.0351. The van der Waals surface area contributed by atoms with Gasteiger partial charge in [0.1, 0.15) is 11.9 Å². The van der Waals surface area contributed by atoms with Crippen LogP contribution in [0.25, 0.3) is 0 Å². The highest BCUT2D eigenvalue weighted by Crippen LogP contribution is 2.27. The van der Waals surface area contributed by atoms with Crippen LogP contribution in [-0.4, -0.2) is 51.6 Å². The van der Waals surface area contributed by atoms with Gasteiger partial charge in [0.25, 0.3) is 0 Å². The van der Waals surface area contributed by atoms with Crippen LogP contribution in [0.5, 0.6) is 5.75 Å². The number of nitrogens with one attached hydrogen (secondary N) is 2. The minimum atomic E-state index is -0.0479. The van der Waals surface area contributed by atoms with E-state index >= 15 is 0 Å². The van der Waals surface area contributed by atoms with Gasteiger partial charge in [0.2, 0.25) is 0 Å². The molecular formula is C23H30ClN5O2. The quantitative estimate of drug-likeness (QED) is 0.569. The molecule has 1 aliphatic rings. The van der Waals surface area contributed by atoms with Crippen molar-refractivity contribution in [3.05, 3.63) is 64.2 Å². The van der Waals surface area contributed by atoms with E-state index in [0.717, 1.165) is 37.4 Å². The maximum atomic E-state index is 6.14. The van der Waals surface area contributed by atoms with Crippen LogP contribution in [0.4, 0.5) is 0 Å². The SMILES string of the molecule is CC(C)(C)c1[nH]ncc1CN1CCO[C@H](c2cc(CCOc3ccccc3Cl)[nH]n2)C1. The lowest BCUT2D eigenvalue weighted by Crippen LogP contribution is -2.38. The number of nitrogens with zero attached hydrogens (tertiary/aromatic N) is 3. The second kappa shape index (κ2) is 9.42. The lowest BCUT2D eigenvalue weighted by Gasteiger charge is -2.32. The Balaban J connectivity index is 1.32. The van der Waals surface area contributed by atoms with Gasteiger partial charge in [-0.15, -0.1) is 0 Å². The van der Waals surface area contributed by atoms with Crippen LogP contribution in [0.3, 0.4) is 0 Å². The van der Waals surface area contributed by atoms with E-state index in [4.69, 9.17) is 21.1 Å². The molecule has 3 aromatic rings. The molecule has 1 aliphatic heterocycles. The van der Waals surface area contributed by atoms with Gasteiger partial charge in [-0.2, -0.15) is 10.2 Å². The van der Waals surface area contributed by atoms with Crippen molar-refractivity contribution < 1.29 is 9.47 Å². The second-order valence-corrected chi connectivity index (χ2v) is 9.37. The van der Waals surface area contributed by atoms with Crippen molar-refractivity contribution in [3.63, 3.8) is 0 Å². The topological polar surface area (TPSA) is 79.1 Å². The van der Waals surface area contributed by atoms with Gasteiger partial charge in [-0.3, -0.25) is 15.1 Å². The highest BCUT2D eigenvalue weighted by Gasteiger charge is 2.27. The lowest BCUT2D eigenvalue weighted by atomic mass is 9.89. The van der Waals surface area contributed by atoms with Crippen LogP contribution in [0.1, 0.15) is 49.5 Å². The molecule has 8 heteroatoms. The Hall–Kier alpha value is -2.35. The maximum Gasteiger partial charge on any atom is 0.137 e. The first-order valence-corrected chi connectivity index (χ1v) is 11.1. The highest BCUT2D eigenvalue weighted by atomic mass is 35.5. The first-order chi connectivity index (χ1) is 14.9. The predicted octanol–water partition coefficient (Wildman–Crippen LogP) is 4.28. The van der Waals surface area contributed by atoms with E-state index in [-0.39, 0.29) is 11.5 Å². The number of aromatic amines is 2. The van der Waals surface area contributed by atoms with Crippen molar-refractivity contribution in [2.75, 3.05) is 26.3 Å². The summed E-state index contributed by atoms with van der Waals surface area (Å²) in [5.41, 5.74) is 4.43. The van der Waals surface area contributed by atoms with Crippen molar-refractivity contribution in [1.29, 1.82) is 0 Å². The first kappa shape index (κ1) is 21.9. The molecule has 166 valence electrons. The Morgan fingerprint density at radius 2 is 2.10 bits per heavy atom. The van der Waals surface area contributed by atoms with Crippen LogP contribution in [0.15, 0.2) is 36.5 Å². The zero-order valence-corrected chi connectivity index (χ0v) is 19.1. The normalized spacial score (nSPS) is 17.7. The van der Waals surface area contributed by atoms with Crippen LogP contribution in [0, 0.1) is 0 Å². The molecule has 3 heterocycles. The van der Waals surface area contributed by atoms with Crippen molar-refractivity contribution >= 4 is 11.6 Å². The van der Waals surface area contributed by atoms with Gasteiger partial charge < -0.3 is 9.47 Å². The molecule has 2 aromatic heterocycles. The summed E-state index contributed by atoms with van der Waals surface area (Å²) in [6.45, 7) is 10.4. The molecule has 4 rings (SSSR count). The van der Waals surface area contributed by atoms with Crippen molar-refractivity contribution in [1.82, 2.24) is 25.3 Å². The van der Waals surface area contributed by atoms with Gasteiger partial charge in [-0.1, -0.05) is 44.5 Å². The third-order valence-electron chi connectivity index (χ3n) is 5.46. The third kappa shape index (κ3) is 5.47. The van der Waals surface area contributed by atoms with Crippen molar-refractivity contribution in [3.8, 4) is 5.75 Å². The number of morpholine rings is 1. The Bertz CT molecular complexity index is 994. The minimum Gasteiger partial charge on any atom is -0.492 e. The van der Waals surface area contributed by atoms with E-state index in [0.29, 0.717) is 24.0 Å². The van der Waals surface area contributed by atoms with E-state index in [9.17, 15) is 0 Å². The maximum absolute atomic E-state index is 6.14. The molecule has 0 radical (unpaired) electrons. The Kier molecular flexibility index (Phi) is 6.65. The molecule has 31 heavy (non-hydrogen) atoms. The summed E-state index contributed by atoms with van der Waals surface area (Å²) in [6, 6.07) is 9.57. The summed E-state index contributed by atoms with van der Waals surface area (Å²) in [4.78, 5) is 2.41. The summed E-state index contributed by atoms with van der Waals surface area (Å²) >= 11 is 6.14. The average molecular weight is 444 g/mol. The van der Waals surface area contributed by atoms with Crippen LogP contribution in [0.2, 0.25) is 5.02 Å². The van der Waals surface area contributed by atoms with Gasteiger partial charge in [-0.25, -0.2) is 0 Å². The van der Waals surface area contributed by atoms with E-state index in [1.54, 1.807) is 0 Å². The van der Waals surface area contributed by atoms with Crippen molar-refractivity contribution in [2.45, 2.75) is 45.3 Å². The molecule has 1 aromatic carbocycles. The molecule has 1 atom stereocenters. The highest BCUT2D eigenvalue weighted by molar-refractivity contribution is 6.32. The van der Waals surface area contributed by atoms with E-state index in [2.05, 4.69) is 52.1 Å². The standard InChI is InChI=1S/C23H30ClN5O2/c1-23(2,3)22-16(13-25-28-22)14-29-9-11-31-21(15-29)19-12-17(26-27-19)8-10-30-20-7-5-4-6-18(20)24/h4-7,12-13,21H,8-11,14-15H2,1-3H3,(H,25,28)(H,26,27)/t21-/m0/s1. The summed E-state index contributed by atoms with van der Waals surface area (Å²) in [5, 5.41) is 15.7. The van der Waals surface area contributed by atoms with E-state index < -0.39 is 0 Å². The first-order valence-electron chi connectivity index (χ1n) is 10.7. The fraction of sp³-hybridized carbons (Fsp3) is 0.478. The molecule has 0 spiro atoms. The number of hydrogen-bond donors (Lipinski definition) is 2. The van der Waals surface area contributed by atoms with Crippen LogP contribution in [-0.2, 0) is 23.1 Å². The predicted molar refractivity (Wildman–Crippen MR) is 120 cm³/mol. The fourth-order valence-corrected chi connectivity index (χ4v) is 4.04. The fourth-order valence-electron chi connectivity index (χ4n) is 3.85. The molecule has 1 fully saturated rings. The summed E-state index contributed by atoms with van der Waals surface area (Å²) in [6.07, 6.45) is 2.61. The molecule has 2 N–H and O–H groups in total. The Labute approximate surface area is 188 Å². The molecule has 0 bridgehead atoms. The number of hydrogen-bond acceptors (Lipinski definition) is 5. The number of aromatic nitrogens is 4. The summed E-state index contributed by atoms with van der Waals surface area (Å²) < 4.78 is 11.8. The number of rotatable bonds is 7. The smallest absolute Gasteiger partial charge is 0.137 e. The molecule has 1 saturated heterocycles. The molecule has 0 unspecified atom stereocenters. The number of halogens is 1. The number of ether oxygens (including phenoxy) is 2. The van der Waals surface area contributed by atoms with Gasteiger partial charge >= 0.3 is 0 Å². The molecule has 0 amide bonds. The molecule has 0 aliphatic carbocycles. The molecule has 0 saturated carbocycles. The summed E-state index contributed by atoms with van der Waals surface area (Å²) in [5.74, 6) is 0.698. The average Bonchev–Trinajstić information content (AvgIpc) is 3.39.